The van der Waals surface area contributed by atoms with Crippen LogP contribution in [0.4, 0.5) is 0 Å². The Hall–Kier alpha value is -2.92. The second-order valence-electron chi connectivity index (χ2n) is 6.90. The molecule has 5 heteroatoms. The zero-order chi connectivity index (χ0) is 18.8. The Kier molecular flexibility index (Phi) is 4.77. The van der Waals surface area contributed by atoms with Crippen molar-refractivity contribution in [3.8, 4) is 11.1 Å². The minimum absolute atomic E-state index is 0.196. The van der Waals surface area contributed by atoms with Gasteiger partial charge in [0.2, 0.25) is 5.89 Å². The number of amides is 1. The minimum Gasteiger partial charge on any atom is -0.446 e. The first kappa shape index (κ1) is 17.5. The number of carbonyl (C=O) groups excluding carboxylic acids is 1. The van der Waals surface area contributed by atoms with Crippen molar-refractivity contribution in [2.24, 2.45) is 5.73 Å². The number of rotatable bonds is 6. The van der Waals surface area contributed by atoms with Gasteiger partial charge in [-0.3, -0.25) is 4.79 Å². The van der Waals surface area contributed by atoms with E-state index >= 15 is 0 Å². The van der Waals surface area contributed by atoms with Gasteiger partial charge in [-0.15, -0.1) is 0 Å². The van der Waals surface area contributed by atoms with E-state index in [0.29, 0.717) is 5.89 Å². The smallest absolute Gasteiger partial charge is 0.273 e. The van der Waals surface area contributed by atoms with Gasteiger partial charge >= 0.3 is 0 Å². The summed E-state index contributed by atoms with van der Waals surface area (Å²) in [5.74, 6) is 0.157. The van der Waals surface area contributed by atoms with Crippen LogP contribution < -0.4 is 11.1 Å². The van der Waals surface area contributed by atoms with Crippen LogP contribution >= 0.6 is 0 Å². The number of nitrogens with zero attached hydrogens (tertiary/aromatic N) is 1. The molecule has 27 heavy (non-hydrogen) atoms. The molecule has 0 saturated carbocycles. The molecule has 1 aliphatic rings. The number of fused-ring (bicyclic) bond motifs is 3. The van der Waals surface area contributed by atoms with E-state index in [4.69, 9.17) is 10.2 Å². The van der Waals surface area contributed by atoms with Gasteiger partial charge in [0.1, 0.15) is 6.26 Å². The van der Waals surface area contributed by atoms with Crippen LogP contribution in [0.2, 0.25) is 0 Å². The van der Waals surface area contributed by atoms with E-state index in [1.807, 2.05) is 24.3 Å². The van der Waals surface area contributed by atoms with E-state index in [2.05, 4.69) is 41.5 Å². The maximum Gasteiger partial charge on any atom is 0.273 e. The Labute approximate surface area is 158 Å². The fourth-order valence-corrected chi connectivity index (χ4v) is 3.63. The van der Waals surface area contributed by atoms with Crippen molar-refractivity contribution in [2.75, 3.05) is 0 Å². The molecule has 1 aliphatic carbocycles. The highest BCUT2D eigenvalue weighted by molar-refractivity contribution is 5.93. The lowest BCUT2D eigenvalue weighted by Gasteiger charge is -2.15. The molecule has 1 heterocycles. The molecular formula is C22H23N3O2. The van der Waals surface area contributed by atoms with E-state index in [-0.39, 0.29) is 23.7 Å². The molecule has 0 aliphatic heterocycles. The van der Waals surface area contributed by atoms with Crippen LogP contribution in [0.15, 0.2) is 59.2 Å². The van der Waals surface area contributed by atoms with Gasteiger partial charge in [0.15, 0.2) is 5.69 Å². The van der Waals surface area contributed by atoms with Gasteiger partial charge in [0.25, 0.3) is 5.91 Å². The van der Waals surface area contributed by atoms with E-state index < -0.39 is 0 Å². The molecule has 1 unspecified atom stereocenters. The molecule has 0 spiro atoms. The number of nitrogens with one attached hydrogen (secondary N) is 1. The summed E-state index contributed by atoms with van der Waals surface area (Å²) < 4.78 is 5.45. The third-order valence-electron chi connectivity index (χ3n) is 5.05. The lowest BCUT2D eigenvalue weighted by molar-refractivity contribution is 0.0938. The van der Waals surface area contributed by atoms with Gasteiger partial charge in [0, 0.05) is 0 Å². The van der Waals surface area contributed by atoms with Crippen LogP contribution in [-0.4, -0.2) is 10.9 Å². The Morgan fingerprint density at radius 2 is 1.78 bits per heavy atom. The third kappa shape index (κ3) is 3.26. The quantitative estimate of drug-likeness (QED) is 0.683. The average Bonchev–Trinajstić information content (AvgIpc) is 3.31. The monoisotopic (exact) mass is 361 g/mol. The maximum absolute atomic E-state index is 12.8. The molecule has 3 N–H and O–H groups in total. The summed E-state index contributed by atoms with van der Waals surface area (Å²) in [5, 5.41) is 3.10. The molecule has 4 rings (SSSR count). The summed E-state index contributed by atoms with van der Waals surface area (Å²) in [5.41, 5.74) is 10.9. The molecule has 1 aromatic heterocycles. The van der Waals surface area contributed by atoms with Crippen molar-refractivity contribution in [3.63, 3.8) is 0 Å². The highest BCUT2D eigenvalue weighted by atomic mass is 16.3. The summed E-state index contributed by atoms with van der Waals surface area (Å²) >= 11 is 0. The Balaban J connectivity index is 1.56. The lowest BCUT2D eigenvalue weighted by atomic mass is 10.1. The van der Waals surface area contributed by atoms with E-state index in [1.165, 1.54) is 6.26 Å². The highest BCUT2D eigenvalue weighted by Crippen LogP contribution is 2.43. The summed E-state index contributed by atoms with van der Waals surface area (Å²) in [6.07, 6.45) is 4.24. The maximum atomic E-state index is 12.8. The van der Waals surface area contributed by atoms with Gasteiger partial charge in [-0.2, -0.15) is 0 Å². The number of hydrogen-bond donors (Lipinski definition) is 2. The standard InChI is InChI=1S/C22H23N3O2/c1-2-3-12-18(23)22-24-19(13-27-22)21(26)25-20-16-10-6-4-8-14(16)15-9-5-7-11-17(15)20/h4-11,13,18,20H,2-3,12,23H2,1H3,(H,25,26). The van der Waals surface area contributed by atoms with E-state index in [1.54, 1.807) is 0 Å². The van der Waals surface area contributed by atoms with Gasteiger partial charge < -0.3 is 15.5 Å². The second-order valence-corrected chi connectivity index (χ2v) is 6.90. The Morgan fingerprint density at radius 1 is 1.15 bits per heavy atom. The molecule has 0 bridgehead atoms. The van der Waals surface area contributed by atoms with Gasteiger partial charge in [-0.1, -0.05) is 68.3 Å². The first-order chi connectivity index (χ1) is 13.2. The SMILES string of the molecule is CCCCC(N)c1nc(C(=O)NC2c3ccccc3-c3ccccc32)co1. The van der Waals surface area contributed by atoms with Crippen LogP contribution in [0.5, 0.6) is 0 Å². The van der Waals surface area contributed by atoms with Gasteiger partial charge in [0.05, 0.1) is 12.1 Å². The first-order valence-corrected chi connectivity index (χ1v) is 9.39. The van der Waals surface area contributed by atoms with E-state index in [0.717, 1.165) is 41.5 Å². The van der Waals surface area contributed by atoms with Crippen molar-refractivity contribution in [1.82, 2.24) is 10.3 Å². The number of hydrogen-bond acceptors (Lipinski definition) is 4. The number of unbranched alkanes of at least 4 members (excludes halogenated alkanes) is 1. The molecule has 0 radical (unpaired) electrons. The average molecular weight is 361 g/mol. The third-order valence-corrected chi connectivity index (χ3v) is 5.05. The molecule has 0 fully saturated rings. The van der Waals surface area contributed by atoms with Crippen molar-refractivity contribution in [2.45, 2.75) is 38.3 Å². The minimum atomic E-state index is -0.278. The number of oxazole rings is 1. The first-order valence-electron chi connectivity index (χ1n) is 9.39. The Bertz CT molecular complexity index is 918. The summed E-state index contributed by atoms with van der Waals surface area (Å²) in [4.78, 5) is 17.1. The van der Waals surface area contributed by atoms with Gasteiger partial charge in [-0.05, 0) is 28.7 Å². The predicted octanol–water partition coefficient (Wildman–Crippen LogP) is 4.36. The van der Waals surface area contributed by atoms with Crippen molar-refractivity contribution in [1.29, 1.82) is 0 Å². The highest BCUT2D eigenvalue weighted by Gasteiger charge is 2.30. The fourth-order valence-electron chi connectivity index (χ4n) is 3.63. The molecule has 138 valence electrons. The largest absolute Gasteiger partial charge is 0.446 e. The molecule has 3 aromatic rings. The normalized spacial score (nSPS) is 13.9. The fraction of sp³-hybridized carbons (Fsp3) is 0.273. The summed E-state index contributed by atoms with van der Waals surface area (Å²) in [7, 11) is 0. The van der Waals surface area contributed by atoms with Crippen molar-refractivity contribution < 1.29 is 9.21 Å². The van der Waals surface area contributed by atoms with Crippen molar-refractivity contribution >= 4 is 5.91 Å². The summed E-state index contributed by atoms with van der Waals surface area (Å²) in [6, 6.07) is 15.8. The lowest BCUT2D eigenvalue weighted by Crippen LogP contribution is -2.28. The number of carbonyl (C=O) groups is 1. The molecule has 1 atom stereocenters. The number of nitrogens with two attached hydrogens (primary N) is 1. The van der Waals surface area contributed by atoms with E-state index in [9.17, 15) is 4.79 Å². The molecule has 2 aromatic carbocycles. The Morgan fingerprint density at radius 3 is 2.41 bits per heavy atom. The van der Waals surface area contributed by atoms with Crippen LogP contribution in [0.25, 0.3) is 11.1 Å². The van der Waals surface area contributed by atoms with Crippen LogP contribution in [0.3, 0.4) is 0 Å². The number of aromatic nitrogens is 1. The second kappa shape index (κ2) is 7.37. The number of benzene rings is 2. The molecule has 1 amide bonds. The van der Waals surface area contributed by atoms with Gasteiger partial charge in [-0.25, -0.2) is 4.98 Å². The van der Waals surface area contributed by atoms with Crippen LogP contribution in [0.1, 0.15) is 65.8 Å². The van der Waals surface area contributed by atoms with Crippen LogP contribution in [0, 0.1) is 0 Å². The molecule has 0 saturated heterocycles. The summed E-state index contributed by atoms with van der Waals surface area (Å²) in [6.45, 7) is 2.11. The topological polar surface area (TPSA) is 81.1 Å². The van der Waals surface area contributed by atoms with Crippen molar-refractivity contribution in [3.05, 3.63) is 77.5 Å². The molecule has 5 nitrogen and oxygen atoms in total. The zero-order valence-corrected chi connectivity index (χ0v) is 15.3. The predicted molar refractivity (Wildman–Crippen MR) is 104 cm³/mol. The van der Waals surface area contributed by atoms with Crippen LogP contribution in [-0.2, 0) is 0 Å². The molecular weight excluding hydrogens is 338 g/mol. The zero-order valence-electron chi connectivity index (χ0n) is 15.3.